The molecule has 156 valence electrons. The fourth-order valence-electron chi connectivity index (χ4n) is 2.86. The SMILES string of the molecule is CCOC(=O)c1cc(-c2ccccc2)sc1NC(=O)COc1ccc(Br)cc1CC. The van der Waals surface area contributed by atoms with Crippen LogP contribution in [0.1, 0.15) is 29.8 Å². The summed E-state index contributed by atoms with van der Waals surface area (Å²) < 4.78 is 11.8. The van der Waals surface area contributed by atoms with E-state index in [2.05, 4.69) is 21.2 Å². The van der Waals surface area contributed by atoms with Crippen molar-refractivity contribution in [2.45, 2.75) is 20.3 Å². The van der Waals surface area contributed by atoms with E-state index >= 15 is 0 Å². The minimum Gasteiger partial charge on any atom is -0.483 e. The van der Waals surface area contributed by atoms with E-state index in [1.165, 1.54) is 11.3 Å². The molecule has 1 aromatic heterocycles. The van der Waals surface area contributed by atoms with Crippen LogP contribution in [0.2, 0.25) is 0 Å². The van der Waals surface area contributed by atoms with Gasteiger partial charge in [-0.25, -0.2) is 4.79 Å². The van der Waals surface area contributed by atoms with E-state index in [4.69, 9.17) is 9.47 Å². The van der Waals surface area contributed by atoms with Crippen LogP contribution in [0.3, 0.4) is 0 Å². The zero-order valence-electron chi connectivity index (χ0n) is 16.7. The second-order valence-electron chi connectivity index (χ2n) is 6.38. The minimum atomic E-state index is -0.465. The van der Waals surface area contributed by atoms with Crippen LogP contribution in [0.4, 0.5) is 5.00 Å². The van der Waals surface area contributed by atoms with Gasteiger partial charge in [0.05, 0.1) is 12.2 Å². The number of esters is 1. The quantitative estimate of drug-likeness (QED) is 0.399. The Morgan fingerprint density at radius 3 is 2.53 bits per heavy atom. The van der Waals surface area contributed by atoms with E-state index in [0.29, 0.717) is 16.3 Å². The van der Waals surface area contributed by atoms with Gasteiger partial charge in [-0.05, 0) is 48.7 Å². The molecular formula is C23H22BrNO4S. The molecule has 1 N–H and O–H groups in total. The predicted octanol–water partition coefficient (Wildman–Crippen LogP) is 5.93. The molecule has 0 aliphatic rings. The van der Waals surface area contributed by atoms with Gasteiger partial charge in [0.2, 0.25) is 0 Å². The van der Waals surface area contributed by atoms with Gasteiger partial charge in [-0.15, -0.1) is 11.3 Å². The largest absolute Gasteiger partial charge is 0.483 e. The van der Waals surface area contributed by atoms with E-state index in [9.17, 15) is 9.59 Å². The third kappa shape index (κ3) is 5.49. The molecule has 5 nitrogen and oxygen atoms in total. The molecule has 0 unspecified atom stereocenters. The molecule has 7 heteroatoms. The summed E-state index contributed by atoms with van der Waals surface area (Å²) in [5.41, 5.74) is 2.31. The van der Waals surface area contributed by atoms with Gasteiger partial charge in [-0.3, -0.25) is 4.79 Å². The zero-order chi connectivity index (χ0) is 21.5. The smallest absolute Gasteiger partial charge is 0.341 e. The van der Waals surface area contributed by atoms with E-state index in [1.54, 1.807) is 13.0 Å². The number of carbonyl (C=O) groups is 2. The lowest BCUT2D eigenvalue weighted by Crippen LogP contribution is -2.21. The molecule has 0 radical (unpaired) electrons. The molecule has 0 bridgehead atoms. The van der Waals surface area contributed by atoms with Crippen molar-refractivity contribution in [1.29, 1.82) is 0 Å². The third-order valence-electron chi connectivity index (χ3n) is 4.30. The number of ether oxygens (including phenoxy) is 2. The molecule has 0 saturated heterocycles. The first-order chi connectivity index (χ1) is 14.5. The standard InChI is InChI=1S/C23H22BrNO4S/c1-3-15-12-17(24)10-11-19(15)29-14-21(26)25-22-18(23(27)28-4-2)13-20(30-22)16-8-6-5-7-9-16/h5-13H,3-4,14H2,1-2H3,(H,25,26). The molecule has 0 spiro atoms. The van der Waals surface area contributed by atoms with Crippen LogP contribution in [0.15, 0.2) is 59.1 Å². The van der Waals surface area contributed by atoms with Crippen LogP contribution in [0.25, 0.3) is 10.4 Å². The molecule has 3 rings (SSSR count). The monoisotopic (exact) mass is 487 g/mol. The van der Waals surface area contributed by atoms with Crippen molar-refractivity contribution in [3.05, 3.63) is 70.2 Å². The Morgan fingerprint density at radius 1 is 1.07 bits per heavy atom. The Bertz CT molecular complexity index is 1030. The van der Waals surface area contributed by atoms with Crippen LogP contribution in [0, 0.1) is 0 Å². The van der Waals surface area contributed by atoms with Crippen LogP contribution in [-0.2, 0) is 16.0 Å². The first-order valence-corrected chi connectivity index (χ1v) is 11.2. The fourth-order valence-corrected chi connectivity index (χ4v) is 4.34. The Labute approximate surface area is 188 Å². The van der Waals surface area contributed by atoms with Crippen molar-refractivity contribution in [3.8, 4) is 16.2 Å². The Kier molecular flexibility index (Phi) is 7.65. The molecule has 2 aromatic carbocycles. The average Bonchev–Trinajstić information content (AvgIpc) is 3.17. The number of hydrogen-bond acceptors (Lipinski definition) is 5. The fraction of sp³-hybridized carbons (Fsp3) is 0.217. The van der Waals surface area contributed by atoms with Crippen molar-refractivity contribution in [2.24, 2.45) is 0 Å². The second-order valence-corrected chi connectivity index (χ2v) is 8.35. The average molecular weight is 488 g/mol. The van der Waals surface area contributed by atoms with Gasteiger partial charge in [-0.1, -0.05) is 53.2 Å². The summed E-state index contributed by atoms with van der Waals surface area (Å²) in [4.78, 5) is 25.8. The van der Waals surface area contributed by atoms with Gasteiger partial charge in [0, 0.05) is 9.35 Å². The van der Waals surface area contributed by atoms with Gasteiger partial charge in [0.1, 0.15) is 10.8 Å². The highest BCUT2D eigenvalue weighted by molar-refractivity contribution is 9.10. The normalized spacial score (nSPS) is 10.5. The number of nitrogens with one attached hydrogen (secondary N) is 1. The Morgan fingerprint density at radius 2 is 1.83 bits per heavy atom. The number of rotatable bonds is 8. The lowest BCUT2D eigenvalue weighted by Gasteiger charge is -2.11. The highest BCUT2D eigenvalue weighted by Crippen LogP contribution is 2.36. The highest BCUT2D eigenvalue weighted by Gasteiger charge is 2.20. The summed E-state index contributed by atoms with van der Waals surface area (Å²) in [5, 5.41) is 3.25. The second kappa shape index (κ2) is 10.4. The maximum Gasteiger partial charge on any atom is 0.341 e. The summed E-state index contributed by atoms with van der Waals surface area (Å²) in [6, 6.07) is 17.1. The minimum absolute atomic E-state index is 0.157. The van der Waals surface area contributed by atoms with Crippen molar-refractivity contribution in [1.82, 2.24) is 0 Å². The van der Waals surface area contributed by atoms with Crippen molar-refractivity contribution in [3.63, 3.8) is 0 Å². The molecule has 0 atom stereocenters. The summed E-state index contributed by atoms with van der Waals surface area (Å²) in [6.45, 7) is 3.87. The number of hydrogen-bond donors (Lipinski definition) is 1. The van der Waals surface area contributed by atoms with Crippen LogP contribution < -0.4 is 10.1 Å². The first kappa shape index (κ1) is 22.1. The molecule has 30 heavy (non-hydrogen) atoms. The van der Waals surface area contributed by atoms with Gasteiger partial charge >= 0.3 is 5.97 Å². The number of amides is 1. The number of benzene rings is 2. The first-order valence-electron chi connectivity index (χ1n) is 9.59. The summed E-state index contributed by atoms with van der Waals surface area (Å²) in [7, 11) is 0. The molecule has 3 aromatic rings. The maximum atomic E-state index is 12.5. The highest BCUT2D eigenvalue weighted by atomic mass is 79.9. The number of halogens is 1. The molecule has 1 amide bonds. The van der Waals surface area contributed by atoms with Crippen LogP contribution >= 0.6 is 27.3 Å². The van der Waals surface area contributed by atoms with Crippen LogP contribution in [0.5, 0.6) is 5.75 Å². The van der Waals surface area contributed by atoms with Gasteiger partial charge in [0.15, 0.2) is 6.61 Å². The lowest BCUT2D eigenvalue weighted by atomic mass is 10.1. The molecule has 0 aliphatic heterocycles. The maximum absolute atomic E-state index is 12.5. The summed E-state index contributed by atoms with van der Waals surface area (Å²) in [5.74, 6) is -0.141. The van der Waals surface area contributed by atoms with Crippen molar-refractivity contribution >= 4 is 44.1 Å². The van der Waals surface area contributed by atoms with Crippen molar-refractivity contribution in [2.75, 3.05) is 18.5 Å². The van der Waals surface area contributed by atoms with Gasteiger partial charge in [-0.2, -0.15) is 0 Å². The van der Waals surface area contributed by atoms with Crippen molar-refractivity contribution < 1.29 is 19.1 Å². The number of aryl methyl sites for hydroxylation is 1. The summed E-state index contributed by atoms with van der Waals surface area (Å²) >= 11 is 4.77. The molecule has 0 aliphatic carbocycles. The Balaban J connectivity index is 1.76. The van der Waals surface area contributed by atoms with E-state index in [0.717, 1.165) is 26.9 Å². The molecule has 0 saturated carbocycles. The van der Waals surface area contributed by atoms with E-state index in [-0.39, 0.29) is 19.1 Å². The number of thiophene rings is 1. The molecular weight excluding hydrogens is 466 g/mol. The lowest BCUT2D eigenvalue weighted by molar-refractivity contribution is -0.118. The third-order valence-corrected chi connectivity index (χ3v) is 5.89. The summed E-state index contributed by atoms with van der Waals surface area (Å²) in [6.07, 6.45) is 0.786. The number of carbonyl (C=O) groups excluding carboxylic acids is 2. The van der Waals surface area contributed by atoms with Gasteiger partial charge < -0.3 is 14.8 Å². The zero-order valence-corrected chi connectivity index (χ0v) is 19.1. The Hall–Kier alpha value is -2.64. The topological polar surface area (TPSA) is 64.6 Å². The number of anilines is 1. The van der Waals surface area contributed by atoms with E-state index < -0.39 is 5.97 Å². The van der Waals surface area contributed by atoms with Crippen LogP contribution in [-0.4, -0.2) is 25.1 Å². The van der Waals surface area contributed by atoms with E-state index in [1.807, 2.05) is 55.5 Å². The molecule has 1 heterocycles. The predicted molar refractivity (Wildman–Crippen MR) is 123 cm³/mol. The van der Waals surface area contributed by atoms with Gasteiger partial charge in [0.25, 0.3) is 5.91 Å². The molecule has 0 fully saturated rings.